The Morgan fingerprint density at radius 2 is 1.74 bits per heavy atom. The lowest BCUT2D eigenvalue weighted by atomic mass is 9.97. The minimum Gasteiger partial charge on any atom is -0.326 e. The first-order valence-electron chi connectivity index (χ1n) is 11.3. The number of anilines is 2. The van der Waals surface area contributed by atoms with Gasteiger partial charge in [-0.25, -0.2) is 8.42 Å². The lowest BCUT2D eigenvalue weighted by Crippen LogP contribution is -2.41. The van der Waals surface area contributed by atoms with E-state index in [1.807, 2.05) is 6.92 Å². The summed E-state index contributed by atoms with van der Waals surface area (Å²) in [5.41, 5.74) is 0.705. The fourth-order valence-electron chi connectivity index (χ4n) is 4.77. The molecule has 1 N–H and O–H groups in total. The third-order valence-corrected chi connectivity index (χ3v) is 8.42. The Labute approximate surface area is 202 Å². The topological polar surface area (TPSA) is 86.8 Å². The maximum Gasteiger partial charge on any atom is 0.416 e. The molecule has 11 heteroatoms. The van der Waals surface area contributed by atoms with Crippen molar-refractivity contribution in [2.24, 2.45) is 5.92 Å². The van der Waals surface area contributed by atoms with Crippen LogP contribution >= 0.6 is 0 Å². The Kier molecular flexibility index (Phi) is 6.67. The number of fused-ring (bicyclic) bond motifs is 1. The van der Waals surface area contributed by atoms with Gasteiger partial charge in [0.1, 0.15) is 0 Å². The molecule has 188 valence electrons. The molecule has 2 heterocycles. The molecule has 2 aliphatic rings. The van der Waals surface area contributed by atoms with Gasteiger partial charge in [0.05, 0.1) is 10.5 Å². The van der Waals surface area contributed by atoms with Gasteiger partial charge >= 0.3 is 6.18 Å². The van der Waals surface area contributed by atoms with Crippen LogP contribution in [0.2, 0.25) is 0 Å². The van der Waals surface area contributed by atoms with Gasteiger partial charge in [-0.2, -0.15) is 17.5 Å². The van der Waals surface area contributed by atoms with Gasteiger partial charge in [0.15, 0.2) is 0 Å². The number of nitrogens with one attached hydrogen (secondary N) is 1. The normalized spacial score (nSPS) is 19.5. The minimum atomic E-state index is -4.51. The number of amides is 2. The highest BCUT2D eigenvalue weighted by Crippen LogP contribution is 2.35. The van der Waals surface area contributed by atoms with Crippen LogP contribution in [0.5, 0.6) is 0 Å². The molecule has 0 bridgehead atoms. The molecule has 1 saturated heterocycles. The SMILES string of the molecule is CC(=O)N1c2ccc(S(=O)(=O)N3CCC(C(=O)Nc4cccc(C(F)(F)F)c4)CC3)cc2C[C@@H]1C. The lowest BCUT2D eigenvalue weighted by molar-refractivity contribution is -0.137. The first-order chi connectivity index (χ1) is 16.4. The summed E-state index contributed by atoms with van der Waals surface area (Å²) in [6.07, 6.45) is -3.44. The number of sulfonamides is 1. The van der Waals surface area contributed by atoms with Gasteiger partial charge in [-0.3, -0.25) is 9.59 Å². The molecule has 1 atom stereocenters. The number of alkyl halides is 3. The van der Waals surface area contributed by atoms with Crippen molar-refractivity contribution in [3.8, 4) is 0 Å². The monoisotopic (exact) mass is 509 g/mol. The molecule has 0 saturated carbocycles. The molecule has 0 aromatic heterocycles. The van der Waals surface area contributed by atoms with Crippen molar-refractivity contribution >= 4 is 33.2 Å². The average Bonchev–Trinajstić information content (AvgIpc) is 3.14. The first-order valence-corrected chi connectivity index (χ1v) is 12.7. The number of piperidine rings is 1. The molecular formula is C24H26F3N3O4S. The van der Waals surface area contributed by atoms with Crippen LogP contribution in [0.4, 0.5) is 24.5 Å². The van der Waals surface area contributed by atoms with Crippen LogP contribution in [0.3, 0.4) is 0 Å². The summed E-state index contributed by atoms with van der Waals surface area (Å²) in [7, 11) is -3.80. The van der Waals surface area contributed by atoms with E-state index in [0.29, 0.717) is 12.1 Å². The molecule has 0 unspecified atom stereocenters. The highest BCUT2D eigenvalue weighted by atomic mass is 32.2. The molecule has 7 nitrogen and oxygen atoms in total. The predicted molar refractivity (Wildman–Crippen MR) is 124 cm³/mol. The van der Waals surface area contributed by atoms with Crippen molar-refractivity contribution in [1.82, 2.24) is 4.31 Å². The van der Waals surface area contributed by atoms with Gasteiger partial charge in [-0.15, -0.1) is 0 Å². The third kappa shape index (κ3) is 5.06. The molecule has 2 aromatic carbocycles. The molecule has 2 aliphatic heterocycles. The van der Waals surface area contributed by atoms with Crippen molar-refractivity contribution < 1.29 is 31.2 Å². The van der Waals surface area contributed by atoms with Crippen molar-refractivity contribution in [3.63, 3.8) is 0 Å². The Morgan fingerprint density at radius 3 is 2.37 bits per heavy atom. The van der Waals surface area contributed by atoms with Crippen LogP contribution < -0.4 is 10.2 Å². The summed E-state index contributed by atoms with van der Waals surface area (Å²) in [6, 6.07) is 9.12. The zero-order valence-electron chi connectivity index (χ0n) is 19.3. The van der Waals surface area contributed by atoms with E-state index in [2.05, 4.69) is 5.32 Å². The highest BCUT2D eigenvalue weighted by Gasteiger charge is 2.35. The number of hydrogen-bond donors (Lipinski definition) is 1. The first kappa shape index (κ1) is 25.2. The van der Waals surface area contributed by atoms with Crippen molar-refractivity contribution in [2.75, 3.05) is 23.3 Å². The van der Waals surface area contributed by atoms with E-state index in [9.17, 15) is 31.2 Å². The molecular weight excluding hydrogens is 483 g/mol. The number of nitrogens with zero attached hydrogens (tertiary/aromatic N) is 2. The van der Waals surface area contributed by atoms with Crippen LogP contribution in [-0.4, -0.2) is 43.7 Å². The van der Waals surface area contributed by atoms with Gasteiger partial charge in [0.25, 0.3) is 0 Å². The molecule has 4 rings (SSSR count). The van der Waals surface area contributed by atoms with E-state index in [1.165, 1.54) is 29.4 Å². The number of rotatable bonds is 4. The molecule has 2 amide bonds. The second-order valence-electron chi connectivity index (χ2n) is 8.98. The van der Waals surface area contributed by atoms with Crippen molar-refractivity contribution in [2.45, 2.75) is 50.2 Å². The van der Waals surface area contributed by atoms with Crippen LogP contribution in [0.15, 0.2) is 47.4 Å². The summed E-state index contributed by atoms with van der Waals surface area (Å²) in [5.74, 6) is -1.05. The number of carbonyl (C=O) groups is 2. The van der Waals surface area contributed by atoms with Crippen LogP contribution in [0.25, 0.3) is 0 Å². The van der Waals surface area contributed by atoms with Gasteiger partial charge in [-0.05, 0) is 68.1 Å². The number of hydrogen-bond acceptors (Lipinski definition) is 4. The highest BCUT2D eigenvalue weighted by molar-refractivity contribution is 7.89. The van der Waals surface area contributed by atoms with Crippen LogP contribution in [-0.2, 0) is 32.2 Å². The van der Waals surface area contributed by atoms with E-state index in [4.69, 9.17) is 0 Å². The van der Waals surface area contributed by atoms with Gasteiger partial charge in [-0.1, -0.05) is 6.07 Å². The molecule has 35 heavy (non-hydrogen) atoms. The molecule has 2 aromatic rings. The third-order valence-electron chi connectivity index (χ3n) is 6.53. The zero-order valence-corrected chi connectivity index (χ0v) is 20.1. The maximum absolute atomic E-state index is 13.2. The molecule has 1 fully saturated rings. The average molecular weight is 510 g/mol. The largest absolute Gasteiger partial charge is 0.416 e. The molecule has 0 spiro atoms. The van der Waals surface area contributed by atoms with E-state index in [0.717, 1.165) is 17.7 Å². The van der Waals surface area contributed by atoms with Gasteiger partial charge < -0.3 is 10.2 Å². The van der Waals surface area contributed by atoms with E-state index in [1.54, 1.807) is 17.0 Å². The summed E-state index contributed by atoms with van der Waals surface area (Å²) >= 11 is 0. The fourth-order valence-corrected chi connectivity index (χ4v) is 6.29. The second kappa shape index (κ2) is 9.27. The Balaban J connectivity index is 1.41. The van der Waals surface area contributed by atoms with Crippen molar-refractivity contribution in [3.05, 3.63) is 53.6 Å². The Hall–Kier alpha value is -2.92. The summed E-state index contributed by atoms with van der Waals surface area (Å²) in [5, 5.41) is 2.52. The Morgan fingerprint density at radius 1 is 1.06 bits per heavy atom. The molecule has 0 aliphatic carbocycles. The summed E-state index contributed by atoms with van der Waals surface area (Å²) in [4.78, 5) is 26.3. The standard InChI is InChI=1S/C24H26F3N3O4S/c1-15-12-18-13-21(6-7-22(18)30(15)16(2)31)35(33,34)29-10-8-17(9-11-29)23(32)28-20-5-3-4-19(14-20)24(25,26)27/h3-7,13-15,17H,8-12H2,1-2H3,(H,28,32)/t15-/m0/s1. The lowest BCUT2D eigenvalue weighted by Gasteiger charge is -2.30. The maximum atomic E-state index is 13.2. The van der Waals surface area contributed by atoms with Gasteiger partial charge in [0, 0.05) is 43.3 Å². The minimum absolute atomic E-state index is 0.0480. The predicted octanol–water partition coefficient (Wildman–Crippen LogP) is 4.04. The number of carbonyl (C=O) groups excluding carboxylic acids is 2. The number of halogens is 3. The Bertz CT molecular complexity index is 1250. The fraction of sp³-hybridized carbons (Fsp3) is 0.417. The van der Waals surface area contributed by atoms with Crippen LogP contribution in [0.1, 0.15) is 37.8 Å². The van der Waals surface area contributed by atoms with Crippen LogP contribution in [0, 0.1) is 5.92 Å². The second-order valence-corrected chi connectivity index (χ2v) is 10.9. The molecule has 0 radical (unpaired) electrons. The zero-order chi connectivity index (χ0) is 25.5. The summed E-state index contributed by atoms with van der Waals surface area (Å²) < 4.78 is 66.5. The van der Waals surface area contributed by atoms with E-state index < -0.39 is 33.6 Å². The van der Waals surface area contributed by atoms with Gasteiger partial charge in [0.2, 0.25) is 21.8 Å². The van der Waals surface area contributed by atoms with E-state index in [-0.39, 0.29) is 48.5 Å². The summed E-state index contributed by atoms with van der Waals surface area (Å²) in [6.45, 7) is 3.63. The smallest absolute Gasteiger partial charge is 0.326 e. The van der Waals surface area contributed by atoms with E-state index >= 15 is 0 Å². The quantitative estimate of drug-likeness (QED) is 0.674. The number of benzene rings is 2. The van der Waals surface area contributed by atoms with Crippen molar-refractivity contribution in [1.29, 1.82) is 0 Å².